The van der Waals surface area contributed by atoms with Gasteiger partial charge in [0.1, 0.15) is 5.75 Å². The molecule has 1 atom stereocenters. The number of hydrogen-bond acceptors (Lipinski definition) is 2. The van der Waals surface area contributed by atoms with Gasteiger partial charge in [-0.1, -0.05) is 18.5 Å². The second-order valence-electron chi connectivity index (χ2n) is 4.54. The topological polar surface area (TPSA) is 38.3 Å². The first-order chi connectivity index (χ1) is 8.43. The molecule has 0 unspecified atom stereocenters. The van der Waals surface area contributed by atoms with E-state index in [1.807, 2.05) is 39.8 Å². The number of hydrogen-bond donors (Lipinski definition) is 1. The smallest absolute Gasteiger partial charge is 0.258 e. The normalized spacial score (nSPS) is 12.1. The molecule has 0 spiro atoms. The van der Waals surface area contributed by atoms with Crippen LogP contribution in [0.5, 0.6) is 5.75 Å². The first-order valence-electron chi connectivity index (χ1n) is 6.13. The maximum atomic E-state index is 11.6. The number of carbonyl (C=O) groups is 1. The third-order valence-corrected chi connectivity index (χ3v) is 3.40. The number of benzene rings is 1. The summed E-state index contributed by atoms with van der Waals surface area (Å²) in [5.41, 5.74) is 1.91. The lowest BCUT2D eigenvalue weighted by Gasteiger charge is -2.13. The minimum absolute atomic E-state index is 0.0326. The second-order valence-corrected chi connectivity index (χ2v) is 4.91. The molecular formula is C14H20ClNO2. The van der Waals surface area contributed by atoms with E-state index < -0.39 is 0 Å². The summed E-state index contributed by atoms with van der Waals surface area (Å²) in [5, 5.41) is 3.59. The van der Waals surface area contributed by atoms with Crippen LogP contribution in [0, 0.1) is 13.8 Å². The number of amides is 1. The molecule has 1 aromatic carbocycles. The Morgan fingerprint density at radius 1 is 1.39 bits per heavy atom. The van der Waals surface area contributed by atoms with E-state index in [1.54, 1.807) is 0 Å². The standard InChI is InChI=1S/C14H20ClNO2/c1-5-11(4)16-13(17)8-18-12-6-9(2)14(15)10(3)7-12/h6-7,11H,5,8H2,1-4H3,(H,16,17)/t11-/m0/s1. The third-order valence-electron chi connectivity index (χ3n) is 2.80. The molecule has 3 nitrogen and oxygen atoms in total. The van der Waals surface area contributed by atoms with Crippen LogP contribution in [0.3, 0.4) is 0 Å². The van der Waals surface area contributed by atoms with Gasteiger partial charge in [0.05, 0.1) is 0 Å². The van der Waals surface area contributed by atoms with Gasteiger partial charge in [-0.15, -0.1) is 0 Å². The summed E-state index contributed by atoms with van der Waals surface area (Å²) >= 11 is 6.07. The van der Waals surface area contributed by atoms with Crippen molar-refractivity contribution in [2.45, 2.75) is 40.2 Å². The molecule has 1 amide bonds. The van der Waals surface area contributed by atoms with E-state index in [0.717, 1.165) is 22.6 Å². The van der Waals surface area contributed by atoms with Crippen LogP contribution in [0.1, 0.15) is 31.4 Å². The highest BCUT2D eigenvalue weighted by molar-refractivity contribution is 6.32. The van der Waals surface area contributed by atoms with Crippen LogP contribution < -0.4 is 10.1 Å². The van der Waals surface area contributed by atoms with Crippen LogP contribution in [0.25, 0.3) is 0 Å². The fraction of sp³-hybridized carbons (Fsp3) is 0.500. The van der Waals surface area contributed by atoms with Gasteiger partial charge >= 0.3 is 0 Å². The fourth-order valence-corrected chi connectivity index (χ4v) is 1.67. The Labute approximate surface area is 113 Å². The van der Waals surface area contributed by atoms with E-state index in [-0.39, 0.29) is 18.6 Å². The molecule has 0 fully saturated rings. The van der Waals surface area contributed by atoms with Gasteiger partial charge in [-0.2, -0.15) is 0 Å². The highest BCUT2D eigenvalue weighted by atomic mass is 35.5. The molecule has 1 rings (SSSR count). The quantitative estimate of drug-likeness (QED) is 0.891. The first kappa shape index (κ1) is 14.8. The van der Waals surface area contributed by atoms with Gasteiger partial charge in [0, 0.05) is 11.1 Å². The van der Waals surface area contributed by atoms with E-state index in [0.29, 0.717) is 5.75 Å². The number of aryl methyl sites for hydroxylation is 2. The lowest BCUT2D eigenvalue weighted by Crippen LogP contribution is -2.35. The van der Waals surface area contributed by atoms with Crippen molar-refractivity contribution in [1.29, 1.82) is 0 Å². The molecule has 0 aromatic heterocycles. The summed E-state index contributed by atoms with van der Waals surface area (Å²) in [5.74, 6) is 0.573. The van der Waals surface area contributed by atoms with Crippen LogP contribution >= 0.6 is 11.6 Å². The van der Waals surface area contributed by atoms with Crippen molar-refractivity contribution in [1.82, 2.24) is 5.32 Å². The highest BCUT2D eigenvalue weighted by Gasteiger charge is 2.08. The van der Waals surface area contributed by atoms with Crippen LogP contribution in [0.2, 0.25) is 5.02 Å². The highest BCUT2D eigenvalue weighted by Crippen LogP contribution is 2.25. The zero-order valence-electron chi connectivity index (χ0n) is 11.3. The molecule has 0 saturated heterocycles. The molecular weight excluding hydrogens is 250 g/mol. The molecule has 0 radical (unpaired) electrons. The number of ether oxygens (including phenoxy) is 1. The Balaban J connectivity index is 2.56. The summed E-state index contributed by atoms with van der Waals surface area (Å²) in [6, 6.07) is 3.85. The summed E-state index contributed by atoms with van der Waals surface area (Å²) < 4.78 is 5.46. The third kappa shape index (κ3) is 4.22. The van der Waals surface area contributed by atoms with Crippen LogP contribution in [0.4, 0.5) is 0 Å². The Hall–Kier alpha value is -1.22. The van der Waals surface area contributed by atoms with E-state index in [1.165, 1.54) is 0 Å². The van der Waals surface area contributed by atoms with Crippen molar-refractivity contribution in [3.05, 3.63) is 28.3 Å². The Bertz CT molecular complexity index is 409. The van der Waals surface area contributed by atoms with Gasteiger partial charge in [-0.25, -0.2) is 0 Å². The van der Waals surface area contributed by atoms with E-state index >= 15 is 0 Å². The van der Waals surface area contributed by atoms with Gasteiger partial charge in [0.15, 0.2) is 6.61 Å². The molecule has 0 saturated carbocycles. The average Bonchev–Trinajstić information content (AvgIpc) is 2.33. The molecule has 1 aromatic rings. The van der Waals surface area contributed by atoms with Crippen molar-refractivity contribution in [3.8, 4) is 5.75 Å². The number of carbonyl (C=O) groups excluding carboxylic acids is 1. The zero-order chi connectivity index (χ0) is 13.7. The Morgan fingerprint density at radius 2 is 1.94 bits per heavy atom. The zero-order valence-corrected chi connectivity index (χ0v) is 12.1. The van der Waals surface area contributed by atoms with E-state index in [9.17, 15) is 4.79 Å². The fourth-order valence-electron chi connectivity index (χ4n) is 1.56. The van der Waals surface area contributed by atoms with Crippen molar-refractivity contribution in [2.24, 2.45) is 0 Å². The SMILES string of the molecule is CC[C@H](C)NC(=O)COc1cc(C)c(Cl)c(C)c1. The van der Waals surface area contributed by atoms with E-state index in [2.05, 4.69) is 5.32 Å². The summed E-state index contributed by atoms with van der Waals surface area (Å²) in [4.78, 5) is 11.6. The minimum Gasteiger partial charge on any atom is -0.484 e. The lowest BCUT2D eigenvalue weighted by molar-refractivity contribution is -0.123. The molecule has 0 bridgehead atoms. The lowest BCUT2D eigenvalue weighted by atomic mass is 10.1. The summed E-state index contributed by atoms with van der Waals surface area (Å²) in [7, 11) is 0. The van der Waals surface area contributed by atoms with Gasteiger partial charge in [0.2, 0.25) is 0 Å². The predicted octanol–water partition coefficient (Wildman–Crippen LogP) is 3.25. The van der Waals surface area contributed by atoms with Crippen molar-refractivity contribution in [3.63, 3.8) is 0 Å². The predicted molar refractivity (Wildman–Crippen MR) is 74.3 cm³/mol. The molecule has 1 N–H and O–H groups in total. The molecule has 0 aliphatic rings. The maximum absolute atomic E-state index is 11.6. The largest absolute Gasteiger partial charge is 0.484 e. The number of rotatable bonds is 5. The average molecular weight is 270 g/mol. The van der Waals surface area contributed by atoms with Gasteiger partial charge < -0.3 is 10.1 Å². The Kier molecular flexibility index (Phi) is 5.48. The molecule has 0 aliphatic carbocycles. The first-order valence-corrected chi connectivity index (χ1v) is 6.50. The van der Waals surface area contributed by atoms with Crippen molar-refractivity contribution >= 4 is 17.5 Å². The van der Waals surface area contributed by atoms with Crippen molar-refractivity contribution < 1.29 is 9.53 Å². The van der Waals surface area contributed by atoms with Crippen LogP contribution in [0.15, 0.2) is 12.1 Å². The van der Waals surface area contributed by atoms with Crippen molar-refractivity contribution in [2.75, 3.05) is 6.61 Å². The van der Waals surface area contributed by atoms with Crippen LogP contribution in [-0.4, -0.2) is 18.6 Å². The van der Waals surface area contributed by atoms with Gasteiger partial charge in [0.25, 0.3) is 5.91 Å². The Morgan fingerprint density at radius 3 is 2.44 bits per heavy atom. The minimum atomic E-state index is -0.102. The molecule has 0 heterocycles. The van der Waals surface area contributed by atoms with Crippen LogP contribution in [-0.2, 0) is 4.79 Å². The molecule has 100 valence electrons. The van der Waals surface area contributed by atoms with Gasteiger partial charge in [-0.3, -0.25) is 4.79 Å². The molecule has 0 aliphatic heterocycles. The number of halogens is 1. The second kappa shape index (κ2) is 6.64. The van der Waals surface area contributed by atoms with Gasteiger partial charge in [-0.05, 0) is 50.5 Å². The summed E-state index contributed by atoms with van der Waals surface area (Å²) in [6.07, 6.45) is 0.908. The maximum Gasteiger partial charge on any atom is 0.258 e. The monoisotopic (exact) mass is 269 g/mol. The summed E-state index contributed by atoms with van der Waals surface area (Å²) in [6.45, 7) is 7.86. The molecule has 4 heteroatoms. The molecule has 18 heavy (non-hydrogen) atoms. The number of nitrogens with one attached hydrogen (secondary N) is 1. The van der Waals surface area contributed by atoms with E-state index in [4.69, 9.17) is 16.3 Å².